The number of hydrogen-bond acceptors (Lipinski definition) is 4. The summed E-state index contributed by atoms with van der Waals surface area (Å²) in [5.41, 5.74) is 3.43. The molecule has 7 heteroatoms. The summed E-state index contributed by atoms with van der Waals surface area (Å²) in [6.07, 6.45) is 1.21. The largest absolute Gasteiger partial charge is 0.321 e. The van der Waals surface area contributed by atoms with Crippen LogP contribution in [0.3, 0.4) is 0 Å². The number of carbonyl (C=O) groups excluding carboxylic acids is 1. The highest BCUT2D eigenvalue weighted by Crippen LogP contribution is 2.31. The quantitative estimate of drug-likeness (QED) is 0.342. The van der Waals surface area contributed by atoms with Crippen LogP contribution in [0.15, 0.2) is 78.9 Å². The zero-order chi connectivity index (χ0) is 23.6. The van der Waals surface area contributed by atoms with Crippen LogP contribution in [0, 0.1) is 0 Å². The third-order valence-corrected chi connectivity index (χ3v) is 7.67. The lowest BCUT2D eigenvalue weighted by molar-refractivity contribution is 0.103. The van der Waals surface area contributed by atoms with Gasteiger partial charge in [-0.2, -0.15) is 0 Å². The number of rotatable bonds is 7. The van der Waals surface area contributed by atoms with Gasteiger partial charge >= 0.3 is 0 Å². The van der Waals surface area contributed by atoms with Crippen molar-refractivity contribution in [3.05, 3.63) is 94.9 Å². The van der Waals surface area contributed by atoms with E-state index in [-0.39, 0.29) is 12.5 Å². The number of hydrogen-bond donors (Lipinski definition) is 1. The number of nitrogens with zero attached hydrogens (tertiary/aromatic N) is 1. The van der Waals surface area contributed by atoms with E-state index in [4.69, 9.17) is 0 Å². The molecular formula is C26H26N2O3S2. The van der Waals surface area contributed by atoms with Gasteiger partial charge in [-0.05, 0) is 58.8 Å². The first-order chi connectivity index (χ1) is 15.7. The van der Waals surface area contributed by atoms with Gasteiger partial charge in [0, 0.05) is 10.4 Å². The first kappa shape index (κ1) is 23.0. The molecule has 0 aliphatic rings. The monoisotopic (exact) mass is 478 g/mol. The predicted molar refractivity (Wildman–Crippen MR) is 138 cm³/mol. The Bertz CT molecular complexity index is 1380. The summed E-state index contributed by atoms with van der Waals surface area (Å²) in [6, 6.07) is 24.6. The Hall–Kier alpha value is -3.16. The van der Waals surface area contributed by atoms with Crippen molar-refractivity contribution in [3.63, 3.8) is 0 Å². The second-order valence-electron chi connectivity index (χ2n) is 8.32. The highest BCUT2D eigenvalue weighted by Gasteiger charge is 2.19. The Morgan fingerprint density at radius 2 is 1.67 bits per heavy atom. The minimum absolute atomic E-state index is 0.181. The van der Waals surface area contributed by atoms with Crippen molar-refractivity contribution >= 4 is 48.7 Å². The van der Waals surface area contributed by atoms with Gasteiger partial charge in [-0.1, -0.05) is 56.3 Å². The molecule has 1 N–H and O–H groups in total. The molecule has 0 bridgehead atoms. The summed E-state index contributed by atoms with van der Waals surface area (Å²) in [5, 5.41) is 3.78. The van der Waals surface area contributed by atoms with Gasteiger partial charge < -0.3 is 5.32 Å². The summed E-state index contributed by atoms with van der Waals surface area (Å²) >= 11 is 1.38. The van der Waals surface area contributed by atoms with E-state index in [1.807, 2.05) is 72.8 Å². The van der Waals surface area contributed by atoms with E-state index in [1.54, 1.807) is 6.07 Å². The lowest BCUT2D eigenvalue weighted by atomic mass is 10.0. The standard InChI is InChI=1S/C26H26N2O3S2/c1-18(2)20-9-11-22(12-10-20)27-26(29)25-16-21-15-23(13-14-24(21)32-25)28(33(3,30)31)17-19-7-5-4-6-8-19/h4-16,18H,17H2,1-3H3,(H,27,29). The first-order valence-electron chi connectivity index (χ1n) is 10.7. The highest BCUT2D eigenvalue weighted by atomic mass is 32.2. The Morgan fingerprint density at radius 1 is 0.970 bits per heavy atom. The van der Waals surface area contributed by atoms with E-state index < -0.39 is 10.0 Å². The molecule has 0 radical (unpaired) electrons. The normalized spacial score (nSPS) is 11.6. The molecule has 4 aromatic rings. The van der Waals surface area contributed by atoms with E-state index in [0.717, 1.165) is 21.3 Å². The number of carbonyl (C=O) groups is 1. The predicted octanol–water partition coefficient (Wildman–Crippen LogP) is 6.24. The number of nitrogens with one attached hydrogen (secondary N) is 1. The molecule has 0 aliphatic heterocycles. The van der Waals surface area contributed by atoms with Crippen molar-refractivity contribution < 1.29 is 13.2 Å². The molecule has 0 aliphatic carbocycles. The molecule has 4 rings (SSSR count). The smallest absolute Gasteiger partial charge is 0.265 e. The molecule has 1 heterocycles. The SMILES string of the molecule is CC(C)c1ccc(NC(=O)c2cc3cc(N(Cc4ccccc4)S(C)(=O)=O)ccc3s2)cc1. The van der Waals surface area contributed by atoms with Gasteiger partial charge in [-0.25, -0.2) is 8.42 Å². The molecule has 0 saturated carbocycles. The van der Waals surface area contributed by atoms with E-state index in [0.29, 0.717) is 16.5 Å². The fourth-order valence-corrected chi connectivity index (χ4v) is 5.41. The van der Waals surface area contributed by atoms with Crippen molar-refractivity contribution in [2.75, 3.05) is 15.9 Å². The number of sulfonamides is 1. The lowest BCUT2D eigenvalue weighted by Gasteiger charge is -2.22. The maximum absolute atomic E-state index is 12.8. The Balaban J connectivity index is 1.58. The maximum Gasteiger partial charge on any atom is 0.265 e. The Labute approximate surface area is 198 Å². The van der Waals surface area contributed by atoms with Crippen LogP contribution in [-0.2, 0) is 16.6 Å². The molecular weight excluding hydrogens is 452 g/mol. The van der Waals surface area contributed by atoms with E-state index in [9.17, 15) is 13.2 Å². The Kier molecular flexibility index (Phi) is 6.54. The molecule has 0 atom stereocenters. The minimum Gasteiger partial charge on any atom is -0.321 e. The first-order valence-corrected chi connectivity index (χ1v) is 13.3. The van der Waals surface area contributed by atoms with Crippen molar-refractivity contribution in [2.45, 2.75) is 26.3 Å². The molecule has 33 heavy (non-hydrogen) atoms. The summed E-state index contributed by atoms with van der Waals surface area (Å²) in [7, 11) is -3.49. The summed E-state index contributed by atoms with van der Waals surface area (Å²) < 4.78 is 27.3. The van der Waals surface area contributed by atoms with Crippen molar-refractivity contribution in [2.24, 2.45) is 0 Å². The molecule has 5 nitrogen and oxygen atoms in total. The molecule has 170 valence electrons. The minimum atomic E-state index is -3.49. The second kappa shape index (κ2) is 9.37. The highest BCUT2D eigenvalue weighted by molar-refractivity contribution is 7.92. The fraction of sp³-hybridized carbons (Fsp3) is 0.192. The topological polar surface area (TPSA) is 66.5 Å². The van der Waals surface area contributed by atoms with Crippen LogP contribution in [-0.4, -0.2) is 20.6 Å². The summed E-state index contributed by atoms with van der Waals surface area (Å²) in [6.45, 7) is 4.50. The zero-order valence-electron chi connectivity index (χ0n) is 18.8. The number of anilines is 2. The van der Waals surface area contributed by atoms with Gasteiger partial charge in [0.25, 0.3) is 5.91 Å². The van der Waals surface area contributed by atoms with Gasteiger partial charge in [0.2, 0.25) is 10.0 Å². The van der Waals surface area contributed by atoms with Crippen molar-refractivity contribution in [1.29, 1.82) is 0 Å². The van der Waals surface area contributed by atoms with Gasteiger partial charge in [0.15, 0.2) is 0 Å². The summed E-state index contributed by atoms with van der Waals surface area (Å²) in [5.74, 6) is 0.249. The molecule has 1 amide bonds. The average Bonchev–Trinajstić information content (AvgIpc) is 3.21. The zero-order valence-corrected chi connectivity index (χ0v) is 20.4. The molecule has 0 fully saturated rings. The molecule has 0 saturated heterocycles. The van der Waals surface area contributed by atoms with Gasteiger partial charge in [-0.3, -0.25) is 9.10 Å². The summed E-state index contributed by atoms with van der Waals surface area (Å²) in [4.78, 5) is 13.4. The second-order valence-corrected chi connectivity index (χ2v) is 11.3. The van der Waals surface area contributed by atoms with Crippen LogP contribution in [0.2, 0.25) is 0 Å². The van der Waals surface area contributed by atoms with E-state index >= 15 is 0 Å². The maximum atomic E-state index is 12.8. The molecule has 1 aromatic heterocycles. The van der Waals surface area contributed by atoms with E-state index in [1.165, 1.54) is 27.5 Å². The Morgan fingerprint density at radius 3 is 2.30 bits per heavy atom. The number of amides is 1. The van der Waals surface area contributed by atoms with Crippen LogP contribution in [0.1, 0.15) is 40.6 Å². The van der Waals surface area contributed by atoms with Crippen molar-refractivity contribution in [3.8, 4) is 0 Å². The molecule has 0 unspecified atom stereocenters. The van der Waals surface area contributed by atoms with Crippen LogP contribution in [0.25, 0.3) is 10.1 Å². The third-order valence-electron chi connectivity index (χ3n) is 5.42. The van der Waals surface area contributed by atoms with Crippen LogP contribution in [0.4, 0.5) is 11.4 Å². The van der Waals surface area contributed by atoms with Crippen LogP contribution >= 0.6 is 11.3 Å². The van der Waals surface area contributed by atoms with Gasteiger partial charge in [0.05, 0.1) is 23.4 Å². The molecule has 3 aromatic carbocycles. The molecule has 0 spiro atoms. The number of thiophene rings is 1. The van der Waals surface area contributed by atoms with Gasteiger partial charge in [0.1, 0.15) is 0 Å². The fourth-order valence-electron chi connectivity index (χ4n) is 3.59. The number of fused-ring (bicyclic) bond motifs is 1. The average molecular weight is 479 g/mol. The van der Waals surface area contributed by atoms with Crippen LogP contribution < -0.4 is 9.62 Å². The number of benzene rings is 3. The van der Waals surface area contributed by atoms with Gasteiger partial charge in [-0.15, -0.1) is 11.3 Å². The lowest BCUT2D eigenvalue weighted by Crippen LogP contribution is -2.29. The van der Waals surface area contributed by atoms with E-state index in [2.05, 4.69) is 19.2 Å². The van der Waals surface area contributed by atoms with Crippen molar-refractivity contribution in [1.82, 2.24) is 0 Å². The van der Waals surface area contributed by atoms with Crippen LogP contribution in [0.5, 0.6) is 0 Å². The third kappa shape index (κ3) is 5.43.